The fourth-order valence-corrected chi connectivity index (χ4v) is 3.89. The van der Waals surface area contributed by atoms with Gasteiger partial charge in [-0.05, 0) is 18.6 Å². The van der Waals surface area contributed by atoms with E-state index in [1.54, 1.807) is 12.1 Å². The number of carboxylic acid groups (broad SMARTS) is 1. The lowest BCUT2D eigenvalue weighted by Crippen LogP contribution is -2.51. The van der Waals surface area contributed by atoms with Crippen molar-refractivity contribution in [3.8, 4) is 0 Å². The van der Waals surface area contributed by atoms with Crippen LogP contribution in [0.2, 0.25) is 0 Å². The first-order valence-corrected chi connectivity index (χ1v) is 6.41. The molecule has 2 atom stereocenters. The lowest BCUT2D eigenvalue weighted by atomic mass is 10.1. The molecule has 1 aromatic carbocycles. The summed E-state index contributed by atoms with van der Waals surface area (Å²) in [5, 5.41) is 10.6. The third-order valence-electron chi connectivity index (χ3n) is 3.23. The maximum absolute atomic E-state index is 11.1. The summed E-state index contributed by atoms with van der Waals surface area (Å²) in [5.41, 5.74) is 1.30. The van der Waals surface area contributed by atoms with Gasteiger partial charge in [-0.3, -0.25) is 0 Å². The zero-order chi connectivity index (χ0) is 11.1. The van der Waals surface area contributed by atoms with Crippen LogP contribution in [-0.2, 0) is 0 Å². The van der Waals surface area contributed by atoms with Crippen molar-refractivity contribution in [3.63, 3.8) is 0 Å². The highest BCUT2D eigenvalue weighted by Gasteiger charge is 2.38. The molecule has 4 rings (SSSR count). The molecule has 3 aliphatic rings. The van der Waals surface area contributed by atoms with Crippen LogP contribution in [0, 0.1) is 0 Å². The van der Waals surface area contributed by atoms with E-state index in [9.17, 15) is 4.79 Å². The molecule has 0 spiro atoms. The van der Waals surface area contributed by atoms with Crippen LogP contribution in [0.5, 0.6) is 0 Å². The molecule has 3 heterocycles. The van der Waals surface area contributed by atoms with Gasteiger partial charge in [-0.25, -0.2) is 4.79 Å². The minimum absolute atomic E-state index is 0.425. The second-order valence-corrected chi connectivity index (χ2v) is 5.95. The summed E-state index contributed by atoms with van der Waals surface area (Å²) in [4.78, 5) is 13.3. The molecule has 2 bridgehead atoms. The molecule has 0 radical (unpaired) electrons. The average molecular weight is 235 g/mol. The molecule has 1 N–H and O–H groups in total. The summed E-state index contributed by atoms with van der Waals surface area (Å²) in [5.74, 6) is -0.831. The summed E-state index contributed by atoms with van der Waals surface area (Å²) >= 11 is 2.04. The van der Waals surface area contributed by atoms with Crippen LogP contribution in [0.15, 0.2) is 24.3 Å². The number of fused-ring (bicyclic) bond motifs is 2. The van der Waals surface area contributed by atoms with E-state index in [2.05, 4.69) is 4.90 Å². The van der Waals surface area contributed by atoms with Gasteiger partial charge >= 0.3 is 5.97 Å². The molecule has 4 heteroatoms. The van der Waals surface area contributed by atoms with Crippen LogP contribution in [0.1, 0.15) is 16.8 Å². The van der Waals surface area contributed by atoms with E-state index in [-0.39, 0.29) is 0 Å². The van der Waals surface area contributed by atoms with E-state index in [0.717, 1.165) is 18.8 Å². The van der Waals surface area contributed by atoms with E-state index < -0.39 is 5.97 Å². The van der Waals surface area contributed by atoms with Crippen molar-refractivity contribution in [2.75, 3.05) is 18.0 Å². The second-order valence-electron chi connectivity index (χ2n) is 4.34. The number of nitrogens with zero attached hydrogens (tertiary/aromatic N) is 1. The van der Waals surface area contributed by atoms with Crippen LogP contribution < -0.4 is 4.90 Å². The topological polar surface area (TPSA) is 40.5 Å². The predicted molar refractivity (Wildman–Crippen MR) is 65.4 cm³/mol. The summed E-state index contributed by atoms with van der Waals surface area (Å²) in [6.07, 6.45) is 1.30. The maximum atomic E-state index is 11.1. The Labute approximate surface area is 98.4 Å². The van der Waals surface area contributed by atoms with Crippen LogP contribution >= 0.6 is 11.8 Å². The van der Waals surface area contributed by atoms with Crippen molar-refractivity contribution in [3.05, 3.63) is 29.8 Å². The number of anilines is 1. The highest BCUT2D eigenvalue weighted by Crippen LogP contribution is 2.43. The summed E-state index contributed by atoms with van der Waals surface area (Å²) in [7, 11) is 0. The standard InChI is InChI=1S/C12H13NO2S/c14-12(15)10-3-1-2-4-11(10)13-6-8-5-9(7-13)16-8/h1-4,8-9H,5-7H2,(H,14,15). The molecule has 3 fully saturated rings. The van der Waals surface area contributed by atoms with Crippen LogP contribution in [0.3, 0.4) is 0 Å². The third-order valence-corrected chi connectivity index (χ3v) is 4.69. The number of aromatic carboxylic acids is 1. The number of para-hydroxylation sites is 1. The van der Waals surface area contributed by atoms with E-state index in [1.165, 1.54) is 6.42 Å². The number of rotatable bonds is 2. The Bertz CT molecular complexity index is 419. The van der Waals surface area contributed by atoms with E-state index in [4.69, 9.17) is 5.11 Å². The third kappa shape index (κ3) is 1.57. The van der Waals surface area contributed by atoms with Gasteiger partial charge in [0.1, 0.15) is 0 Å². The first-order valence-electron chi connectivity index (χ1n) is 5.47. The normalized spacial score (nSPS) is 27.4. The van der Waals surface area contributed by atoms with Gasteiger partial charge in [0.15, 0.2) is 0 Å². The smallest absolute Gasteiger partial charge is 0.337 e. The molecule has 3 saturated heterocycles. The molecular weight excluding hydrogens is 222 g/mol. The van der Waals surface area contributed by atoms with Gasteiger partial charge in [-0.1, -0.05) is 12.1 Å². The van der Waals surface area contributed by atoms with E-state index in [1.807, 2.05) is 23.9 Å². The summed E-state index contributed by atoms with van der Waals surface area (Å²) in [6, 6.07) is 7.30. The Morgan fingerprint density at radius 3 is 2.56 bits per heavy atom. The van der Waals surface area contributed by atoms with Gasteiger partial charge in [0.05, 0.1) is 11.3 Å². The van der Waals surface area contributed by atoms with E-state index >= 15 is 0 Å². The number of benzene rings is 1. The number of thioether (sulfide) groups is 1. The van der Waals surface area contributed by atoms with Crippen molar-refractivity contribution >= 4 is 23.4 Å². The Kier molecular flexibility index (Phi) is 2.32. The first kappa shape index (κ1) is 10.0. The molecule has 84 valence electrons. The average Bonchev–Trinajstić information content (AvgIpc) is 2.28. The number of carboxylic acids is 1. The summed E-state index contributed by atoms with van der Waals surface area (Å²) in [6.45, 7) is 1.98. The molecule has 0 saturated carbocycles. The number of hydrogen-bond acceptors (Lipinski definition) is 3. The molecule has 0 amide bonds. The molecular formula is C12H13NO2S. The lowest BCUT2D eigenvalue weighted by Gasteiger charge is -2.47. The van der Waals surface area contributed by atoms with Crippen molar-refractivity contribution in [2.45, 2.75) is 16.9 Å². The monoisotopic (exact) mass is 235 g/mol. The predicted octanol–water partition coefficient (Wildman–Crippen LogP) is 2.08. The minimum atomic E-state index is -0.831. The zero-order valence-electron chi connectivity index (χ0n) is 8.80. The maximum Gasteiger partial charge on any atom is 0.337 e. The van der Waals surface area contributed by atoms with Gasteiger partial charge in [0.25, 0.3) is 0 Å². The zero-order valence-corrected chi connectivity index (χ0v) is 9.61. The summed E-state index contributed by atoms with van der Waals surface area (Å²) < 4.78 is 0. The molecule has 3 aliphatic heterocycles. The Morgan fingerprint density at radius 1 is 1.31 bits per heavy atom. The lowest BCUT2D eigenvalue weighted by molar-refractivity contribution is 0.0697. The fourth-order valence-electron chi connectivity index (χ4n) is 2.48. The van der Waals surface area contributed by atoms with Crippen molar-refractivity contribution in [1.82, 2.24) is 0 Å². The molecule has 1 aromatic rings. The Morgan fingerprint density at radius 2 is 1.94 bits per heavy atom. The minimum Gasteiger partial charge on any atom is -0.478 e. The van der Waals surface area contributed by atoms with E-state index in [0.29, 0.717) is 16.1 Å². The Balaban J connectivity index is 1.91. The molecule has 2 unspecified atom stereocenters. The Hall–Kier alpha value is -1.16. The molecule has 0 aliphatic carbocycles. The van der Waals surface area contributed by atoms with Gasteiger partial charge in [0, 0.05) is 23.6 Å². The van der Waals surface area contributed by atoms with Crippen molar-refractivity contribution in [1.29, 1.82) is 0 Å². The molecule has 0 aromatic heterocycles. The largest absolute Gasteiger partial charge is 0.478 e. The van der Waals surface area contributed by atoms with Gasteiger partial charge in [-0.15, -0.1) is 0 Å². The van der Waals surface area contributed by atoms with Crippen LogP contribution in [0.25, 0.3) is 0 Å². The van der Waals surface area contributed by atoms with Crippen molar-refractivity contribution < 1.29 is 9.90 Å². The van der Waals surface area contributed by atoms with Gasteiger partial charge in [-0.2, -0.15) is 11.8 Å². The second kappa shape index (κ2) is 3.70. The quantitative estimate of drug-likeness (QED) is 0.852. The molecule has 3 nitrogen and oxygen atoms in total. The van der Waals surface area contributed by atoms with Crippen LogP contribution in [-0.4, -0.2) is 34.7 Å². The van der Waals surface area contributed by atoms with Gasteiger partial charge in [0.2, 0.25) is 0 Å². The molecule has 16 heavy (non-hydrogen) atoms. The van der Waals surface area contributed by atoms with Gasteiger partial charge < -0.3 is 10.0 Å². The highest BCUT2D eigenvalue weighted by atomic mass is 32.2. The highest BCUT2D eigenvalue weighted by molar-refractivity contribution is 8.02. The fraction of sp³-hybridized carbons (Fsp3) is 0.417. The van der Waals surface area contributed by atoms with Crippen LogP contribution in [0.4, 0.5) is 5.69 Å². The number of hydrogen-bond donors (Lipinski definition) is 1. The number of piperidine rings is 1. The number of carbonyl (C=O) groups is 1. The SMILES string of the molecule is O=C(O)c1ccccc1N1CC2CC(C1)S2. The van der Waals surface area contributed by atoms with Crippen molar-refractivity contribution in [2.24, 2.45) is 0 Å². The first-order chi connectivity index (χ1) is 7.74.